The Kier molecular flexibility index (Phi) is 10.5. The second-order valence-corrected chi connectivity index (χ2v) is 7.01. The van der Waals surface area contributed by atoms with Gasteiger partial charge in [0.1, 0.15) is 0 Å². The Hall–Kier alpha value is -1.30. The first-order valence-electron chi connectivity index (χ1n) is 9.70. The van der Waals surface area contributed by atoms with Gasteiger partial charge in [-0.25, -0.2) is 0 Å². The molecule has 146 valence electrons. The maximum atomic E-state index is 5.91. The molecule has 5 nitrogen and oxygen atoms in total. The van der Waals surface area contributed by atoms with Crippen molar-refractivity contribution >= 4 is 17.6 Å². The first-order chi connectivity index (χ1) is 12.8. The normalized spacial score (nSPS) is 17.5. The maximum absolute atomic E-state index is 5.91. The SMILES string of the molecule is CCNC(=NCCCc1ccc(Cl)cc1)NCCCOCC1CCOC1. The number of guanidine groups is 1. The van der Waals surface area contributed by atoms with E-state index in [1.54, 1.807) is 0 Å². The second kappa shape index (κ2) is 13.0. The predicted octanol–water partition coefficient (Wildman–Crippen LogP) is 3.27. The fourth-order valence-electron chi connectivity index (χ4n) is 2.81. The maximum Gasteiger partial charge on any atom is 0.191 e. The number of nitrogens with zero attached hydrogens (tertiary/aromatic N) is 1. The average molecular weight is 382 g/mol. The Morgan fingerprint density at radius 3 is 2.85 bits per heavy atom. The number of nitrogens with one attached hydrogen (secondary N) is 2. The van der Waals surface area contributed by atoms with Crippen molar-refractivity contribution in [3.05, 3.63) is 34.9 Å². The second-order valence-electron chi connectivity index (χ2n) is 6.58. The number of aryl methyl sites for hydroxylation is 1. The van der Waals surface area contributed by atoms with Crippen LogP contribution in [-0.4, -0.2) is 52.0 Å². The van der Waals surface area contributed by atoms with Gasteiger partial charge in [-0.3, -0.25) is 4.99 Å². The van der Waals surface area contributed by atoms with Gasteiger partial charge in [0, 0.05) is 43.8 Å². The van der Waals surface area contributed by atoms with Gasteiger partial charge in [-0.05, 0) is 50.3 Å². The molecule has 1 aromatic rings. The quantitative estimate of drug-likeness (QED) is 0.351. The molecule has 1 atom stereocenters. The number of hydrogen-bond acceptors (Lipinski definition) is 3. The molecule has 1 fully saturated rings. The molecule has 2 N–H and O–H groups in total. The predicted molar refractivity (Wildman–Crippen MR) is 108 cm³/mol. The van der Waals surface area contributed by atoms with E-state index in [2.05, 4.69) is 34.7 Å². The summed E-state index contributed by atoms with van der Waals surface area (Å²) in [5.74, 6) is 1.47. The number of halogens is 1. The van der Waals surface area contributed by atoms with E-state index in [0.717, 1.165) is 82.7 Å². The summed E-state index contributed by atoms with van der Waals surface area (Å²) in [4.78, 5) is 4.64. The summed E-state index contributed by atoms with van der Waals surface area (Å²) in [6.45, 7) is 7.94. The van der Waals surface area contributed by atoms with Gasteiger partial charge < -0.3 is 20.1 Å². The van der Waals surface area contributed by atoms with E-state index in [-0.39, 0.29) is 0 Å². The molecule has 1 aliphatic rings. The van der Waals surface area contributed by atoms with Crippen LogP contribution in [0.3, 0.4) is 0 Å². The van der Waals surface area contributed by atoms with Crippen molar-refractivity contribution in [1.82, 2.24) is 10.6 Å². The van der Waals surface area contributed by atoms with E-state index in [9.17, 15) is 0 Å². The average Bonchev–Trinajstić information content (AvgIpc) is 3.16. The van der Waals surface area contributed by atoms with E-state index in [1.807, 2.05) is 12.1 Å². The first-order valence-corrected chi connectivity index (χ1v) is 10.1. The van der Waals surface area contributed by atoms with Gasteiger partial charge >= 0.3 is 0 Å². The summed E-state index contributed by atoms with van der Waals surface area (Å²) in [6, 6.07) is 8.03. The third-order valence-corrected chi connectivity index (χ3v) is 4.54. The number of benzene rings is 1. The van der Waals surface area contributed by atoms with Crippen LogP contribution >= 0.6 is 11.6 Å². The molecule has 0 radical (unpaired) electrons. The van der Waals surface area contributed by atoms with Crippen LogP contribution in [0.15, 0.2) is 29.3 Å². The van der Waals surface area contributed by atoms with Crippen LogP contribution < -0.4 is 10.6 Å². The van der Waals surface area contributed by atoms with Gasteiger partial charge in [-0.1, -0.05) is 23.7 Å². The van der Waals surface area contributed by atoms with E-state index >= 15 is 0 Å². The highest BCUT2D eigenvalue weighted by atomic mass is 35.5. The summed E-state index contributed by atoms with van der Waals surface area (Å²) in [7, 11) is 0. The highest BCUT2D eigenvalue weighted by molar-refractivity contribution is 6.30. The summed E-state index contributed by atoms with van der Waals surface area (Å²) in [5, 5.41) is 7.44. The van der Waals surface area contributed by atoms with Gasteiger partial charge in [-0.15, -0.1) is 0 Å². The van der Waals surface area contributed by atoms with Crippen molar-refractivity contribution in [3.8, 4) is 0 Å². The largest absolute Gasteiger partial charge is 0.381 e. The van der Waals surface area contributed by atoms with Gasteiger partial charge in [0.25, 0.3) is 0 Å². The highest BCUT2D eigenvalue weighted by Crippen LogP contribution is 2.12. The fourth-order valence-corrected chi connectivity index (χ4v) is 2.94. The molecule has 1 unspecified atom stereocenters. The molecular weight excluding hydrogens is 350 g/mol. The van der Waals surface area contributed by atoms with E-state index in [4.69, 9.17) is 21.1 Å². The molecule has 0 saturated carbocycles. The zero-order valence-electron chi connectivity index (χ0n) is 15.8. The van der Waals surface area contributed by atoms with Crippen molar-refractivity contribution in [2.24, 2.45) is 10.9 Å². The lowest BCUT2D eigenvalue weighted by atomic mass is 10.1. The molecule has 1 heterocycles. The monoisotopic (exact) mass is 381 g/mol. The molecule has 0 aromatic heterocycles. The number of aliphatic imine (C=N–C) groups is 1. The minimum atomic E-state index is 0.586. The molecule has 2 rings (SSSR count). The van der Waals surface area contributed by atoms with Crippen LogP contribution in [0.5, 0.6) is 0 Å². The first kappa shape index (κ1) is 21.0. The molecule has 6 heteroatoms. The zero-order valence-corrected chi connectivity index (χ0v) is 16.6. The van der Waals surface area contributed by atoms with Crippen LogP contribution in [0.25, 0.3) is 0 Å². The Morgan fingerprint density at radius 1 is 1.27 bits per heavy atom. The molecule has 1 saturated heterocycles. The Bertz CT molecular complexity index is 516. The number of hydrogen-bond donors (Lipinski definition) is 2. The van der Waals surface area contributed by atoms with Crippen LogP contribution in [0.2, 0.25) is 5.02 Å². The van der Waals surface area contributed by atoms with Crippen molar-refractivity contribution in [2.75, 3.05) is 46.1 Å². The lowest BCUT2D eigenvalue weighted by Gasteiger charge is -2.12. The van der Waals surface area contributed by atoms with Gasteiger partial charge in [0.2, 0.25) is 0 Å². The molecule has 1 aromatic carbocycles. The van der Waals surface area contributed by atoms with E-state index in [1.165, 1.54) is 5.56 Å². The molecule has 0 aliphatic carbocycles. The van der Waals surface area contributed by atoms with Crippen molar-refractivity contribution in [2.45, 2.75) is 32.6 Å². The topological polar surface area (TPSA) is 54.9 Å². The summed E-state index contributed by atoms with van der Waals surface area (Å²) in [5.41, 5.74) is 1.30. The van der Waals surface area contributed by atoms with Crippen molar-refractivity contribution < 1.29 is 9.47 Å². The molecule has 26 heavy (non-hydrogen) atoms. The standard InChI is InChI=1S/C20H32ClN3O2/c1-2-22-20(23-11-3-5-17-6-8-19(21)9-7-17)24-12-4-13-25-15-18-10-14-26-16-18/h6-9,18H,2-5,10-16H2,1H3,(H2,22,23,24). The molecule has 0 spiro atoms. The van der Waals surface area contributed by atoms with Crippen LogP contribution in [0, 0.1) is 5.92 Å². The van der Waals surface area contributed by atoms with Gasteiger partial charge in [0.05, 0.1) is 13.2 Å². The Balaban J connectivity index is 1.55. The molecule has 0 amide bonds. The van der Waals surface area contributed by atoms with Gasteiger partial charge in [-0.2, -0.15) is 0 Å². The summed E-state index contributed by atoms with van der Waals surface area (Å²) in [6.07, 6.45) is 4.14. The number of rotatable bonds is 11. The smallest absolute Gasteiger partial charge is 0.191 e. The molecule has 1 aliphatic heterocycles. The third-order valence-electron chi connectivity index (χ3n) is 4.29. The van der Waals surface area contributed by atoms with Crippen LogP contribution in [0.1, 0.15) is 31.7 Å². The minimum Gasteiger partial charge on any atom is -0.381 e. The van der Waals surface area contributed by atoms with Crippen LogP contribution in [-0.2, 0) is 15.9 Å². The van der Waals surface area contributed by atoms with Gasteiger partial charge in [0.15, 0.2) is 5.96 Å². The molecule has 0 bridgehead atoms. The Morgan fingerprint density at radius 2 is 2.12 bits per heavy atom. The van der Waals surface area contributed by atoms with Crippen molar-refractivity contribution in [3.63, 3.8) is 0 Å². The van der Waals surface area contributed by atoms with Crippen molar-refractivity contribution in [1.29, 1.82) is 0 Å². The third kappa shape index (κ3) is 8.88. The minimum absolute atomic E-state index is 0.586. The summed E-state index contributed by atoms with van der Waals surface area (Å²) < 4.78 is 11.1. The summed E-state index contributed by atoms with van der Waals surface area (Å²) >= 11 is 5.91. The highest BCUT2D eigenvalue weighted by Gasteiger charge is 2.15. The van der Waals surface area contributed by atoms with E-state index in [0.29, 0.717) is 5.92 Å². The lowest BCUT2D eigenvalue weighted by molar-refractivity contribution is 0.0888. The number of ether oxygens (including phenoxy) is 2. The zero-order chi connectivity index (χ0) is 18.5. The Labute approximate surface area is 162 Å². The molecular formula is C20H32ClN3O2. The van der Waals surface area contributed by atoms with E-state index < -0.39 is 0 Å². The lowest BCUT2D eigenvalue weighted by Crippen LogP contribution is -2.38. The van der Waals surface area contributed by atoms with Crippen LogP contribution in [0.4, 0.5) is 0 Å². The fraction of sp³-hybridized carbons (Fsp3) is 0.650.